The Labute approximate surface area is 110 Å². The van der Waals surface area contributed by atoms with Crippen molar-refractivity contribution in [2.24, 2.45) is 0 Å². The number of carbonyl (C=O) groups excluding carboxylic acids is 2. The van der Waals surface area contributed by atoms with Crippen molar-refractivity contribution in [3.05, 3.63) is 24.2 Å². The van der Waals surface area contributed by atoms with Gasteiger partial charge in [0.2, 0.25) is 5.91 Å². The lowest BCUT2D eigenvalue weighted by Gasteiger charge is -2.27. The lowest BCUT2D eigenvalue weighted by atomic mass is 10.0. The van der Waals surface area contributed by atoms with Crippen molar-refractivity contribution < 1.29 is 24.2 Å². The fourth-order valence-corrected chi connectivity index (χ4v) is 1.28. The maximum absolute atomic E-state index is 11.8. The van der Waals surface area contributed by atoms with Gasteiger partial charge in [-0.3, -0.25) is 9.59 Å². The van der Waals surface area contributed by atoms with Crippen LogP contribution in [0.5, 0.6) is 0 Å². The molecule has 1 atom stereocenters. The van der Waals surface area contributed by atoms with Crippen LogP contribution in [0.2, 0.25) is 0 Å². The summed E-state index contributed by atoms with van der Waals surface area (Å²) in [7, 11) is 0. The van der Waals surface area contributed by atoms with Crippen LogP contribution in [0.3, 0.4) is 0 Å². The number of hydrogen-bond acceptors (Lipinski definition) is 5. The van der Waals surface area contributed by atoms with Gasteiger partial charge in [0.1, 0.15) is 6.04 Å². The Bertz CT molecular complexity index is 425. The number of aliphatic hydroxyl groups is 2. The van der Waals surface area contributed by atoms with Crippen LogP contribution in [0.25, 0.3) is 0 Å². The molecular formula is C12H18N2O5. The lowest BCUT2D eigenvalue weighted by Crippen LogP contribution is -2.56. The molecule has 0 bridgehead atoms. The quantitative estimate of drug-likeness (QED) is 0.544. The Morgan fingerprint density at radius 2 is 2.05 bits per heavy atom. The van der Waals surface area contributed by atoms with E-state index in [0.29, 0.717) is 0 Å². The Morgan fingerprint density at radius 1 is 1.42 bits per heavy atom. The molecule has 0 fully saturated rings. The topological polar surface area (TPSA) is 112 Å². The van der Waals surface area contributed by atoms with Crippen LogP contribution < -0.4 is 10.6 Å². The van der Waals surface area contributed by atoms with Crippen LogP contribution in [-0.2, 0) is 4.79 Å². The summed E-state index contributed by atoms with van der Waals surface area (Å²) < 4.78 is 4.90. The number of aliphatic hydroxyl groups excluding tert-OH is 2. The highest BCUT2D eigenvalue weighted by Gasteiger charge is 2.27. The summed E-state index contributed by atoms with van der Waals surface area (Å²) in [4.78, 5) is 23.4. The molecule has 0 aliphatic heterocycles. The maximum Gasteiger partial charge on any atom is 0.287 e. The summed E-state index contributed by atoms with van der Waals surface area (Å²) in [5.74, 6) is -0.917. The smallest absolute Gasteiger partial charge is 0.287 e. The molecule has 0 radical (unpaired) electrons. The number of rotatable bonds is 6. The molecule has 0 spiro atoms. The van der Waals surface area contributed by atoms with Crippen LogP contribution in [0.15, 0.2) is 22.8 Å². The van der Waals surface area contributed by atoms with E-state index in [-0.39, 0.29) is 5.76 Å². The first-order valence-corrected chi connectivity index (χ1v) is 5.80. The van der Waals surface area contributed by atoms with Gasteiger partial charge in [-0.15, -0.1) is 0 Å². The molecule has 1 unspecified atom stereocenters. The summed E-state index contributed by atoms with van der Waals surface area (Å²) in [6, 6.07) is 2.22. The molecule has 0 aromatic carbocycles. The van der Waals surface area contributed by atoms with Crippen molar-refractivity contribution in [2.45, 2.75) is 25.4 Å². The van der Waals surface area contributed by atoms with E-state index in [9.17, 15) is 9.59 Å². The van der Waals surface area contributed by atoms with Crippen molar-refractivity contribution in [3.63, 3.8) is 0 Å². The third kappa shape index (κ3) is 4.08. The highest BCUT2D eigenvalue weighted by molar-refractivity contribution is 5.95. The molecule has 106 valence electrons. The Hall–Kier alpha value is -1.86. The van der Waals surface area contributed by atoms with Crippen LogP contribution in [-0.4, -0.2) is 46.8 Å². The van der Waals surface area contributed by atoms with Crippen LogP contribution in [0.1, 0.15) is 24.4 Å². The third-order valence-electron chi connectivity index (χ3n) is 2.61. The molecule has 1 aromatic rings. The monoisotopic (exact) mass is 270 g/mol. The van der Waals surface area contributed by atoms with Gasteiger partial charge < -0.3 is 25.3 Å². The normalized spacial score (nSPS) is 12.8. The summed E-state index contributed by atoms with van der Waals surface area (Å²) in [5.41, 5.74) is -1.12. The van der Waals surface area contributed by atoms with E-state index in [1.54, 1.807) is 6.07 Å². The van der Waals surface area contributed by atoms with Gasteiger partial charge in [-0.2, -0.15) is 0 Å². The van der Waals surface area contributed by atoms with Gasteiger partial charge in [0, 0.05) is 0 Å². The van der Waals surface area contributed by atoms with Gasteiger partial charge in [0.05, 0.1) is 25.0 Å². The van der Waals surface area contributed by atoms with Gasteiger partial charge in [-0.1, -0.05) is 0 Å². The van der Waals surface area contributed by atoms with Crippen molar-refractivity contribution >= 4 is 11.8 Å². The summed E-state index contributed by atoms with van der Waals surface area (Å²) in [5, 5.41) is 23.0. The molecule has 7 heteroatoms. The van der Waals surface area contributed by atoms with E-state index >= 15 is 0 Å². The average Bonchev–Trinajstić information content (AvgIpc) is 2.92. The minimum Gasteiger partial charge on any atom is -0.459 e. The maximum atomic E-state index is 11.8. The summed E-state index contributed by atoms with van der Waals surface area (Å²) >= 11 is 0. The van der Waals surface area contributed by atoms with Crippen molar-refractivity contribution in [1.29, 1.82) is 0 Å². The summed E-state index contributed by atoms with van der Waals surface area (Å²) in [6.45, 7) is 2.17. The average molecular weight is 270 g/mol. The highest BCUT2D eigenvalue weighted by atomic mass is 16.3. The Morgan fingerprint density at radius 3 is 2.53 bits per heavy atom. The Balaban J connectivity index is 2.56. The van der Waals surface area contributed by atoms with E-state index in [2.05, 4.69) is 10.6 Å². The molecule has 0 saturated heterocycles. The molecule has 4 N–H and O–H groups in total. The standard InChI is InChI=1S/C12H18N2O5/c1-8(10(17)14-12(2,6-15)7-16)13-11(18)9-4-3-5-19-9/h3-5,8,15-16H,6-7H2,1-2H3,(H,13,18)(H,14,17). The second-order valence-corrected chi connectivity index (χ2v) is 4.54. The zero-order chi connectivity index (χ0) is 14.5. The first-order valence-electron chi connectivity index (χ1n) is 5.80. The van der Waals surface area contributed by atoms with Crippen LogP contribution >= 0.6 is 0 Å². The van der Waals surface area contributed by atoms with E-state index in [1.807, 2.05) is 0 Å². The SMILES string of the molecule is CC(NC(=O)c1ccco1)C(=O)NC(C)(CO)CO. The molecule has 0 aliphatic rings. The number of furan rings is 1. The predicted octanol–water partition coefficient (Wildman–Crippen LogP) is -0.743. The van der Waals surface area contributed by atoms with E-state index in [0.717, 1.165) is 0 Å². The fourth-order valence-electron chi connectivity index (χ4n) is 1.28. The van der Waals surface area contributed by atoms with Crippen molar-refractivity contribution in [1.82, 2.24) is 10.6 Å². The van der Waals surface area contributed by atoms with E-state index in [1.165, 1.54) is 26.2 Å². The van der Waals surface area contributed by atoms with Crippen LogP contribution in [0, 0.1) is 0 Å². The third-order valence-corrected chi connectivity index (χ3v) is 2.61. The minimum atomic E-state index is -1.12. The van der Waals surface area contributed by atoms with Crippen molar-refractivity contribution in [3.8, 4) is 0 Å². The molecule has 2 amide bonds. The van der Waals surface area contributed by atoms with E-state index < -0.39 is 36.6 Å². The molecule has 7 nitrogen and oxygen atoms in total. The second kappa shape index (κ2) is 6.35. The number of amides is 2. The van der Waals surface area contributed by atoms with Gasteiger partial charge in [-0.05, 0) is 26.0 Å². The molecule has 19 heavy (non-hydrogen) atoms. The predicted molar refractivity (Wildman–Crippen MR) is 66.4 cm³/mol. The first-order chi connectivity index (χ1) is 8.91. The Kier molecular flexibility index (Phi) is 5.08. The molecule has 0 aliphatic carbocycles. The largest absolute Gasteiger partial charge is 0.459 e. The molecule has 0 saturated carbocycles. The fraction of sp³-hybridized carbons (Fsp3) is 0.500. The minimum absolute atomic E-state index is 0.103. The van der Waals surface area contributed by atoms with Gasteiger partial charge in [0.15, 0.2) is 5.76 Å². The van der Waals surface area contributed by atoms with Gasteiger partial charge >= 0.3 is 0 Å². The molecule has 1 aromatic heterocycles. The summed E-state index contributed by atoms with van der Waals surface area (Å²) in [6.07, 6.45) is 1.36. The van der Waals surface area contributed by atoms with E-state index in [4.69, 9.17) is 14.6 Å². The number of nitrogens with one attached hydrogen (secondary N) is 2. The lowest BCUT2D eigenvalue weighted by molar-refractivity contribution is -0.125. The zero-order valence-corrected chi connectivity index (χ0v) is 10.8. The van der Waals surface area contributed by atoms with Crippen molar-refractivity contribution in [2.75, 3.05) is 13.2 Å². The zero-order valence-electron chi connectivity index (χ0n) is 10.8. The molecule has 1 heterocycles. The second-order valence-electron chi connectivity index (χ2n) is 4.54. The number of carbonyl (C=O) groups is 2. The van der Waals surface area contributed by atoms with Gasteiger partial charge in [0.25, 0.3) is 5.91 Å². The molecule has 1 rings (SSSR count). The molecular weight excluding hydrogens is 252 g/mol. The first kappa shape index (κ1) is 15.2. The highest BCUT2D eigenvalue weighted by Crippen LogP contribution is 2.03. The van der Waals surface area contributed by atoms with Gasteiger partial charge in [-0.25, -0.2) is 0 Å². The van der Waals surface area contributed by atoms with Crippen LogP contribution in [0.4, 0.5) is 0 Å². The number of hydrogen-bond donors (Lipinski definition) is 4.